The number of benzene rings is 2. The molecular weight excluding hydrogens is 380 g/mol. The van der Waals surface area contributed by atoms with E-state index in [1.54, 1.807) is 12.1 Å². The molecule has 1 N–H and O–H groups in total. The fraction of sp³-hybridized carbons (Fsp3) is 0.333. The van der Waals surface area contributed by atoms with Gasteiger partial charge in [0, 0.05) is 18.7 Å². The fourth-order valence-corrected chi connectivity index (χ4v) is 3.67. The highest BCUT2D eigenvalue weighted by atomic mass is 35.5. The van der Waals surface area contributed by atoms with Gasteiger partial charge in [0.05, 0.1) is 30.5 Å². The average molecular weight is 403 g/mol. The number of halogens is 1. The van der Waals surface area contributed by atoms with Gasteiger partial charge in [-0.2, -0.15) is 0 Å². The summed E-state index contributed by atoms with van der Waals surface area (Å²) in [5.41, 5.74) is 2.13. The number of nitrogens with one attached hydrogen (secondary N) is 1. The fourth-order valence-electron chi connectivity index (χ4n) is 3.38. The maximum absolute atomic E-state index is 13.0. The first-order valence-electron chi connectivity index (χ1n) is 9.08. The maximum Gasteiger partial charge on any atom is 0.256 e. The van der Waals surface area contributed by atoms with Crippen molar-refractivity contribution in [3.63, 3.8) is 0 Å². The van der Waals surface area contributed by atoms with Gasteiger partial charge in [-0.05, 0) is 43.5 Å². The Kier molecular flexibility index (Phi) is 6.09. The number of aryl methyl sites for hydroxylation is 1. The molecule has 0 bridgehead atoms. The van der Waals surface area contributed by atoms with Crippen LogP contribution in [0, 0.1) is 6.92 Å². The molecule has 28 heavy (non-hydrogen) atoms. The number of likely N-dealkylation sites (tertiary alicyclic amines) is 1. The Morgan fingerprint density at radius 2 is 1.82 bits per heavy atom. The molecule has 0 spiro atoms. The monoisotopic (exact) mass is 402 g/mol. The summed E-state index contributed by atoms with van der Waals surface area (Å²) in [5, 5.41) is 3.11. The third-order valence-corrected chi connectivity index (χ3v) is 5.10. The highest BCUT2D eigenvalue weighted by Gasteiger charge is 2.24. The molecule has 1 heterocycles. The predicted octanol–water partition coefficient (Wildman–Crippen LogP) is 4.15. The Bertz CT molecular complexity index is 908. The second kappa shape index (κ2) is 8.52. The number of carbonyl (C=O) groups excluding carboxylic acids is 2. The van der Waals surface area contributed by atoms with Crippen LogP contribution in [0.1, 0.15) is 39.1 Å². The minimum Gasteiger partial charge on any atom is -0.493 e. The lowest BCUT2D eigenvalue weighted by Gasteiger charge is -2.20. The molecule has 0 aromatic heterocycles. The van der Waals surface area contributed by atoms with Gasteiger partial charge in [0.1, 0.15) is 0 Å². The van der Waals surface area contributed by atoms with Crippen LogP contribution >= 0.6 is 11.6 Å². The highest BCUT2D eigenvalue weighted by Crippen LogP contribution is 2.36. The van der Waals surface area contributed by atoms with Gasteiger partial charge in [-0.15, -0.1) is 0 Å². The Balaban J connectivity index is 1.92. The van der Waals surface area contributed by atoms with E-state index in [1.807, 2.05) is 24.0 Å². The molecule has 0 unspecified atom stereocenters. The Morgan fingerprint density at radius 3 is 2.46 bits per heavy atom. The molecule has 1 fully saturated rings. The minimum atomic E-state index is -0.385. The van der Waals surface area contributed by atoms with Gasteiger partial charge in [-0.3, -0.25) is 9.59 Å². The van der Waals surface area contributed by atoms with Crippen LogP contribution in [-0.4, -0.2) is 44.0 Å². The summed E-state index contributed by atoms with van der Waals surface area (Å²) >= 11 is 6.21. The second-order valence-corrected chi connectivity index (χ2v) is 7.05. The van der Waals surface area contributed by atoms with Crippen LogP contribution in [0.25, 0.3) is 0 Å². The third-order valence-electron chi connectivity index (χ3n) is 4.82. The van der Waals surface area contributed by atoms with Crippen LogP contribution in [0.4, 0.5) is 5.69 Å². The Labute approximate surface area is 169 Å². The van der Waals surface area contributed by atoms with Crippen molar-refractivity contribution in [2.75, 3.05) is 32.6 Å². The molecule has 2 aromatic rings. The molecule has 6 nitrogen and oxygen atoms in total. The van der Waals surface area contributed by atoms with E-state index in [9.17, 15) is 9.59 Å². The van der Waals surface area contributed by atoms with Gasteiger partial charge in [0.25, 0.3) is 11.8 Å². The summed E-state index contributed by atoms with van der Waals surface area (Å²) in [7, 11) is 2.95. The van der Waals surface area contributed by atoms with Gasteiger partial charge in [0.2, 0.25) is 0 Å². The summed E-state index contributed by atoms with van der Waals surface area (Å²) in [6, 6.07) is 8.48. The molecule has 0 radical (unpaired) electrons. The van der Waals surface area contributed by atoms with Crippen molar-refractivity contribution in [3.05, 3.63) is 52.0 Å². The van der Waals surface area contributed by atoms with E-state index in [1.165, 1.54) is 20.3 Å². The molecule has 1 aliphatic heterocycles. The van der Waals surface area contributed by atoms with E-state index in [2.05, 4.69) is 5.32 Å². The summed E-state index contributed by atoms with van der Waals surface area (Å²) in [6.07, 6.45) is 2.01. The van der Waals surface area contributed by atoms with E-state index < -0.39 is 0 Å². The lowest BCUT2D eigenvalue weighted by Crippen LogP contribution is -2.29. The normalized spacial score (nSPS) is 13.4. The summed E-state index contributed by atoms with van der Waals surface area (Å²) in [4.78, 5) is 27.6. The summed E-state index contributed by atoms with van der Waals surface area (Å²) in [6.45, 7) is 3.35. The Hall–Kier alpha value is -2.73. The largest absolute Gasteiger partial charge is 0.493 e. The third kappa shape index (κ3) is 3.92. The first-order chi connectivity index (χ1) is 13.5. The number of hydrogen-bond acceptors (Lipinski definition) is 4. The SMILES string of the molecule is COc1cc(C(=O)Nc2cccc(C)c2C(=O)N2CCCC2)cc(Cl)c1OC. The van der Waals surface area contributed by atoms with Gasteiger partial charge in [-0.1, -0.05) is 23.7 Å². The lowest BCUT2D eigenvalue weighted by atomic mass is 10.0. The Morgan fingerprint density at radius 1 is 1.11 bits per heavy atom. The molecule has 3 rings (SSSR count). The number of methoxy groups -OCH3 is 2. The predicted molar refractivity (Wildman–Crippen MR) is 109 cm³/mol. The van der Waals surface area contributed by atoms with Crippen molar-refractivity contribution >= 4 is 29.1 Å². The number of nitrogens with zero attached hydrogens (tertiary/aromatic N) is 1. The summed E-state index contributed by atoms with van der Waals surface area (Å²) in [5.74, 6) is 0.277. The van der Waals surface area contributed by atoms with E-state index in [4.69, 9.17) is 21.1 Å². The molecule has 0 atom stereocenters. The zero-order chi connectivity index (χ0) is 20.3. The van der Waals surface area contributed by atoms with Crippen molar-refractivity contribution < 1.29 is 19.1 Å². The summed E-state index contributed by atoms with van der Waals surface area (Å²) < 4.78 is 10.5. The molecule has 2 aromatic carbocycles. The molecule has 148 valence electrons. The number of ether oxygens (including phenoxy) is 2. The molecule has 1 saturated heterocycles. The quantitative estimate of drug-likeness (QED) is 0.815. The molecule has 0 aliphatic carbocycles. The van der Waals surface area contributed by atoms with Gasteiger partial charge in [0.15, 0.2) is 11.5 Å². The topological polar surface area (TPSA) is 67.9 Å². The first-order valence-corrected chi connectivity index (χ1v) is 9.45. The number of anilines is 1. The van der Waals surface area contributed by atoms with Crippen LogP contribution < -0.4 is 14.8 Å². The zero-order valence-electron chi connectivity index (χ0n) is 16.2. The van der Waals surface area contributed by atoms with Crippen LogP contribution in [-0.2, 0) is 0 Å². The van der Waals surface area contributed by atoms with Crippen molar-refractivity contribution in [2.24, 2.45) is 0 Å². The molecule has 1 aliphatic rings. The number of hydrogen-bond donors (Lipinski definition) is 1. The van der Waals surface area contributed by atoms with Crippen LogP contribution in [0.3, 0.4) is 0 Å². The highest BCUT2D eigenvalue weighted by molar-refractivity contribution is 6.32. The van der Waals surface area contributed by atoms with Crippen LogP contribution in [0.5, 0.6) is 11.5 Å². The lowest BCUT2D eigenvalue weighted by molar-refractivity contribution is 0.0793. The first kappa shape index (κ1) is 20.0. The minimum absolute atomic E-state index is 0.0590. The van der Waals surface area contributed by atoms with Crippen LogP contribution in [0.15, 0.2) is 30.3 Å². The standard InChI is InChI=1S/C21H23ClN2O4/c1-13-7-6-8-16(18(13)21(26)24-9-4-5-10-24)23-20(25)14-11-15(22)19(28-3)17(12-14)27-2/h6-8,11-12H,4-5,9-10H2,1-3H3,(H,23,25). The molecule has 0 saturated carbocycles. The maximum atomic E-state index is 13.0. The number of rotatable bonds is 5. The van der Waals surface area contributed by atoms with E-state index in [0.29, 0.717) is 28.3 Å². The van der Waals surface area contributed by atoms with Gasteiger partial charge >= 0.3 is 0 Å². The van der Waals surface area contributed by atoms with Gasteiger partial charge in [-0.25, -0.2) is 0 Å². The van der Waals surface area contributed by atoms with E-state index >= 15 is 0 Å². The molecular formula is C21H23ClN2O4. The molecule has 7 heteroatoms. The number of carbonyl (C=O) groups is 2. The van der Waals surface area contributed by atoms with Crippen molar-refractivity contribution in [2.45, 2.75) is 19.8 Å². The number of amides is 2. The average Bonchev–Trinajstić information content (AvgIpc) is 3.21. The van der Waals surface area contributed by atoms with E-state index in [0.717, 1.165) is 31.5 Å². The second-order valence-electron chi connectivity index (χ2n) is 6.64. The zero-order valence-corrected chi connectivity index (χ0v) is 16.9. The van der Waals surface area contributed by atoms with Crippen molar-refractivity contribution in [3.8, 4) is 11.5 Å². The van der Waals surface area contributed by atoms with Crippen LogP contribution in [0.2, 0.25) is 5.02 Å². The van der Waals surface area contributed by atoms with E-state index in [-0.39, 0.29) is 16.8 Å². The smallest absolute Gasteiger partial charge is 0.256 e. The van der Waals surface area contributed by atoms with Crippen molar-refractivity contribution in [1.29, 1.82) is 0 Å². The van der Waals surface area contributed by atoms with Crippen molar-refractivity contribution in [1.82, 2.24) is 4.90 Å². The molecule has 2 amide bonds. The van der Waals surface area contributed by atoms with Gasteiger partial charge < -0.3 is 19.7 Å².